The molecule has 0 saturated carbocycles. The zero-order valence-corrected chi connectivity index (χ0v) is 9.83. The molecule has 1 unspecified atom stereocenters. The number of hydrogen-bond acceptors (Lipinski definition) is 2. The van der Waals surface area contributed by atoms with Crippen LogP contribution in [0.1, 0.15) is 92.4 Å². The number of carbonyl (C=O) groups is 1. The van der Waals surface area contributed by atoms with E-state index in [1.165, 1.54) is 0 Å². The fourth-order valence-electron chi connectivity index (χ4n) is 1.36. The Morgan fingerprint density at radius 2 is 1.94 bits per heavy atom. The minimum Gasteiger partial charge on any atom is -0.481 e. The molecule has 0 radical (unpaired) electrons. The van der Waals surface area contributed by atoms with Gasteiger partial charge >= 0.3 is 5.97 Å². The maximum absolute atomic E-state index is 10.4. The summed E-state index contributed by atoms with van der Waals surface area (Å²) in [7, 11) is 0. The topological polar surface area (TPSA) is 57.5 Å². The summed E-state index contributed by atoms with van der Waals surface area (Å²) in [5.74, 6) is -0.915. The van der Waals surface area contributed by atoms with Crippen LogP contribution in [0.25, 0.3) is 0 Å². The van der Waals surface area contributed by atoms with Gasteiger partial charge in [0.1, 0.15) is 0 Å². The van der Waals surface area contributed by atoms with Gasteiger partial charge in [-0.05, 0) is 19.3 Å². The summed E-state index contributed by atoms with van der Waals surface area (Å²) in [6.45, 7) is -3.52. The number of rotatable bonds is 12. The van der Waals surface area contributed by atoms with E-state index >= 15 is 0 Å². The highest BCUT2D eigenvalue weighted by Gasteiger charge is 2.03. The largest absolute Gasteiger partial charge is 0.481 e. The average molecular weight is 255 g/mol. The van der Waals surface area contributed by atoms with E-state index in [1.807, 2.05) is 0 Å². The first-order chi connectivity index (χ1) is 12.3. The normalized spacial score (nSPS) is 26.3. The average Bonchev–Trinajstić information content (AvgIpc) is 2.48. The maximum atomic E-state index is 10.4. The standard InChI is InChI=1S/C14H28O3/c1-2-3-4-7-10-13(15)11-8-5-6-9-12-14(16)17/h13,15H,2-12H2,1H3,(H,16,17)/i1D3,2D2,3D2,4D2,7D2. The van der Waals surface area contributed by atoms with E-state index in [4.69, 9.17) is 20.2 Å². The van der Waals surface area contributed by atoms with E-state index in [1.54, 1.807) is 0 Å². The Bertz CT molecular complexity index is 517. The van der Waals surface area contributed by atoms with Gasteiger partial charge in [-0.3, -0.25) is 4.79 Å². The molecular weight excluding hydrogens is 216 g/mol. The third kappa shape index (κ3) is 13.4. The molecule has 102 valence electrons. The monoisotopic (exact) mass is 255 g/mol. The molecule has 0 bridgehead atoms. The molecule has 0 spiro atoms. The SMILES string of the molecule is [2H]C([2H])([2H])C([2H])([2H])C([2H])([2H])C([2H])([2H])C([2H])([2H])CC(O)CCCCCCC(=O)O. The minimum absolute atomic E-state index is 0.0197. The number of aliphatic hydroxyl groups is 1. The Morgan fingerprint density at radius 3 is 2.65 bits per heavy atom. The fourth-order valence-corrected chi connectivity index (χ4v) is 1.36. The Labute approximate surface area is 121 Å². The molecule has 0 fully saturated rings. The fraction of sp³-hybridized carbons (Fsp3) is 0.929. The lowest BCUT2D eigenvalue weighted by Crippen LogP contribution is -2.06. The molecule has 0 aliphatic heterocycles. The van der Waals surface area contributed by atoms with Crippen LogP contribution in [0, 0.1) is 0 Å². The molecule has 1 atom stereocenters. The highest BCUT2D eigenvalue weighted by atomic mass is 16.4. The molecule has 3 heteroatoms. The summed E-state index contributed by atoms with van der Waals surface area (Å²) in [4.78, 5) is 10.4. The number of unbranched alkanes of at least 4 members (excludes halogenated alkanes) is 3. The van der Waals surface area contributed by atoms with Crippen molar-refractivity contribution in [2.24, 2.45) is 0 Å². The molecule has 17 heavy (non-hydrogen) atoms. The number of aliphatic hydroxyl groups excluding tert-OH is 1. The van der Waals surface area contributed by atoms with Gasteiger partial charge < -0.3 is 10.2 Å². The van der Waals surface area contributed by atoms with Gasteiger partial charge in [-0.25, -0.2) is 0 Å². The van der Waals surface area contributed by atoms with Crippen LogP contribution < -0.4 is 0 Å². The second kappa shape index (κ2) is 11.9. The highest BCUT2D eigenvalue weighted by molar-refractivity contribution is 5.66. The zero-order valence-electron chi connectivity index (χ0n) is 20.8. The van der Waals surface area contributed by atoms with Crippen molar-refractivity contribution in [2.75, 3.05) is 0 Å². The van der Waals surface area contributed by atoms with Crippen molar-refractivity contribution in [3.05, 3.63) is 0 Å². The van der Waals surface area contributed by atoms with Crippen molar-refractivity contribution >= 4 is 5.97 Å². The van der Waals surface area contributed by atoms with Crippen molar-refractivity contribution in [1.29, 1.82) is 0 Å². The van der Waals surface area contributed by atoms with Crippen LogP contribution in [0.15, 0.2) is 0 Å². The van der Waals surface area contributed by atoms with E-state index in [0.29, 0.717) is 25.7 Å². The maximum Gasteiger partial charge on any atom is 0.303 e. The van der Waals surface area contributed by atoms with E-state index < -0.39 is 50.8 Å². The molecule has 0 saturated heterocycles. The Balaban J connectivity index is 4.99. The molecule has 0 aromatic rings. The number of carboxylic acids is 1. The van der Waals surface area contributed by atoms with Crippen LogP contribution in [0.3, 0.4) is 0 Å². The van der Waals surface area contributed by atoms with Crippen LogP contribution in [-0.2, 0) is 4.79 Å². The van der Waals surface area contributed by atoms with Crippen LogP contribution in [0.5, 0.6) is 0 Å². The second-order valence-electron chi connectivity index (χ2n) is 3.76. The summed E-state index contributed by atoms with van der Waals surface area (Å²) in [6.07, 6.45) is -14.0. The lowest BCUT2D eigenvalue weighted by molar-refractivity contribution is -0.137. The van der Waals surface area contributed by atoms with Crippen molar-refractivity contribution in [3.63, 3.8) is 0 Å². The lowest BCUT2D eigenvalue weighted by atomic mass is 10.0. The van der Waals surface area contributed by atoms with E-state index in [0.717, 1.165) is 0 Å². The number of aliphatic carboxylic acids is 1. The van der Waals surface area contributed by atoms with Gasteiger partial charge in [0.25, 0.3) is 0 Å². The van der Waals surface area contributed by atoms with E-state index in [9.17, 15) is 9.90 Å². The van der Waals surface area contributed by atoms with Crippen LogP contribution in [-0.4, -0.2) is 22.3 Å². The number of carboxylic acid groups (broad SMARTS) is 1. The van der Waals surface area contributed by atoms with Crippen LogP contribution in [0.4, 0.5) is 0 Å². The van der Waals surface area contributed by atoms with Gasteiger partial charge in [-0.1, -0.05) is 51.6 Å². The first kappa shape index (κ1) is 5.60. The zero-order chi connectivity index (χ0) is 22.6. The van der Waals surface area contributed by atoms with Gasteiger partial charge in [-0.15, -0.1) is 0 Å². The quantitative estimate of drug-likeness (QED) is 0.522. The van der Waals surface area contributed by atoms with Crippen LogP contribution in [0.2, 0.25) is 0 Å². The van der Waals surface area contributed by atoms with Gasteiger partial charge in [0.2, 0.25) is 0 Å². The van der Waals surface area contributed by atoms with Crippen molar-refractivity contribution < 1.29 is 30.1 Å². The summed E-state index contributed by atoms with van der Waals surface area (Å²) in [6, 6.07) is 0. The first-order valence-electron chi connectivity index (χ1n) is 11.2. The molecule has 0 aromatic heterocycles. The summed E-state index contributed by atoms with van der Waals surface area (Å²) >= 11 is 0. The Kier molecular flexibility index (Phi) is 3.92. The Hall–Kier alpha value is -0.570. The number of hydrogen-bond donors (Lipinski definition) is 2. The third-order valence-corrected chi connectivity index (χ3v) is 2.23. The highest BCUT2D eigenvalue weighted by Crippen LogP contribution is 2.12. The van der Waals surface area contributed by atoms with Gasteiger partial charge in [0.05, 0.1) is 6.10 Å². The molecular formula is C14H28O3. The predicted molar refractivity (Wildman–Crippen MR) is 70.1 cm³/mol. The smallest absolute Gasteiger partial charge is 0.303 e. The molecule has 0 aromatic carbocycles. The summed E-state index contributed by atoms with van der Waals surface area (Å²) in [5.41, 5.74) is 0. The lowest BCUT2D eigenvalue weighted by Gasteiger charge is -2.09. The molecule has 0 aliphatic carbocycles. The van der Waals surface area contributed by atoms with Gasteiger partial charge in [0, 0.05) is 21.5 Å². The predicted octanol–water partition coefficient (Wildman–Crippen LogP) is 3.74. The summed E-state index contributed by atoms with van der Waals surface area (Å²) < 4.78 is 83.3. The second-order valence-corrected chi connectivity index (χ2v) is 3.76. The minimum atomic E-state index is -3.70. The molecule has 0 rings (SSSR count). The van der Waals surface area contributed by atoms with Gasteiger partial charge in [-0.2, -0.15) is 0 Å². The van der Waals surface area contributed by atoms with E-state index in [2.05, 4.69) is 0 Å². The molecule has 2 N–H and O–H groups in total. The first-order valence-corrected chi connectivity index (χ1v) is 5.71. The third-order valence-electron chi connectivity index (χ3n) is 2.23. The van der Waals surface area contributed by atoms with Crippen molar-refractivity contribution in [3.8, 4) is 0 Å². The molecule has 0 aliphatic rings. The molecule has 3 nitrogen and oxygen atoms in total. The summed E-state index contributed by atoms with van der Waals surface area (Å²) in [5, 5.41) is 18.5. The van der Waals surface area contributed by atoms with Crippen molar-refractivity contribution in [2.45, 2.75) is 83.4 Å². The van der Waals surface area contributed by atoms with E-state index in [-0.39, 0.29) is 12.8 Å². The van der Waals surface area contributed by atoms with Gasteiger partial charge in [0.15, 0.2) is 0 Å². The Morgan fingerprint density at radius 1 is 1.18 bits per heavy atom. The van der Waals surface area contributed by atoms with Crippen LogP contribution >= 0.6 is 0 Å². The molecule has 0 heterocycles. The van der Waals surface area contributed by atoms with Crippen molar-refractivity contribution in [1.82, 2.24) is 0 Å². The molecule has 0 amide bonds.